The molecule has 3 heterocycles. The second-order valence-corrected chi connectivity index (χ2v) is 8.02. The summed E-state index contributed by atoms with van der Waals surface area (Å²) >= 11 is 0. The highest BCUT2D eigenvalue weighted by molar-refractivity contribution is 5.94. The van der Waals surface area contributed by atoms with E-state index in [-0.39, 0.29) is 5.82 Å². The van der Waals surface area contributed by atoms with Crippen molar-refractivity contribution in [1.82, 2.24) is 20.3 Å². The third-order valence-electron chi connectivity index (χ3n) is 5.92. The summed E-state index contributed by atoms with van der Waals surface area (Å²) in [6, 6.07) is 8.02. The Bertz CT molecular complexity index is 1220. The summed E-state index contributed by atoms with van der Waals surface area (Å²) in [7, 11) is 0. The first-order chi connectivity index (χ1) is 14.1. The molecule has 1 aromatic carbocycles. The zero-order valence-corrected chi connectivity index (χ0v) is 15.6. The molecule has 0 unspecified atom stereocenters. The minimum absolute atomic E-state index is 0.305. The average Bonchev–Trinajstić information content (AvgIpc) is 3.26. The average molecular weight is 391 g/mol. The van der Waals surface area contributed by atoms with E-state index in [9.17, 15) is 4.39 Å². The topological polar surface area (TPSA) is 104 Å². The lowest BCUT2D eigenvalue weighted by atomic mass is 9.77. The van der Waals surface area contributed by atoms with Crippen LogP contribution >= 0.6 is 0 Å². The number of halogens is 1. The summed E-state index contributed by atoms with van der Waals surface area (Å²) in [6.45, 7) is 0. The molecule has 2 aliphatic rings. The second kappa shape index (κ2) is 5.93. The van der Waals surface area contributed by atoms with Gasteiger partial charge in [-0.25, -0.2) is 9.37 Å². The molecule has 3 aromatic heterocycles. The van der Waals surface area contributed by atoms with Crippen LogP contribution in [0.15, 0.2) is 39.4 Å². The highest BCUT2D eigenvalue weighted by atomic mass is 19.1. The molecule has 29 heavy (non-hydrogen) atoms. The summed E-state index contributed by atoms with van der Waals surface area (Å²) in [6.07, 6.45) is 4.90. The maximum absolute atomic E-state index is 13.4. The summed E-state index contributed by atoms with van der Waals surface area (Å²) in [5.41, 5.74) is 9.24. The Morgan fingerprint density at radius 2 is 1.83 bits per heavy atom. The number of aromatic nitrogens is 4. The molecule has 0 bridgehead atoms. The van der Waals surface area contributed by atoms with Crippen LogP contribution < -0.4 is 5.73 Å². The lowest BCUT2D eigenvalue weighted by Crippen LogP contribution is -2.44. The number of rotatable bonds is 4. The fourth-order valence-electron chi connectivity index (χ4n) is 3.86. The summed E-state index contributed by atoms with van der Waals surface area (Å²) < 4.78 is 24.5. The van der Waals surface area contributed by atoms with Crippen LogP contribution in [0.1, 0.15) is 49.5 Å². The van der Waals surface area contributed by atoms with E-state index in [0.717, 1.165) is 54.3 Å². The van der Waals surface area contributed by atoms with Crippen molar-refractivity contribution in [3.8, 4) is 22.7 Å². The quantitative estimate of drug-likeness (QED) is 0.553. The molecule has 0 amide bonds. The largest absolute Gasteiger partial charge is 0.335 e. The van der Waals surface area contributed by atoms with Gasteiger partial charge in [-0.3, -0.25) is 0 Å². The standard InChI is InChI=1S/C21H18FN5O2/c22-13-6-4-11(5-7-13)15-10-14(16-17(12-2-3-12)26-29-19(16)24-15)18-25-20(27-28-18)21(23)8-1-9-21/h4-7,10,12H,1-3,8-9,23H2. The van der Waals surface area contributed by atoms with Gasteiger partial charge in [-0.15, -0.1) is 0 Å². The Kier molecular flexibility index (Phi) is 3.44. The van der Waals surface area contributed by atoms with Crippen molar-refractivity contribution in [2.24, 2.45) is 5.73 Å². The first-order valence-electron chi connectivity index (χ1n) is 9.80. The first-order valence-corrected chi connectivity index (χ1v) is 9.80. The summed E-state index contributed by atoms with van der Waals surface area (Å²) in [4.78, 5) is 9.22. The van der Waals surface area contributed by atoms with Crippen molar-refractivity contribution in [1.29, 1.82) is 0 Å². The second-order valence-electron chi connectivity index (χ2n) is 8.02. The van der Waals surface area contributed by atoms with E-state index in [1.165, 1.54) is 12.1 Å². The molecule has 2 N–H and O–H groups in total. The van der Waals surface area contributed by atoms with Crippen LogP contribution in [-0.2, 0) is 5.54 Å². The number of nitrogens with zero attached hydrogens (tertiary/aromatic N) is 4. The maximum atomic E-state index is 13.4. The predicted octanol–water partition coefficient (Wildman–Crippen LogP) is 4.29. The van der Waals surface area contributed by atoms with Crippen LogP contribution in [0.2, 0.25) is 0 Å². The molecule has 146 valence electrons. The van der Waals surface area contributed by atoms with E-state index < -0.39 is 5.54 Å². The van der Waals surface area contributed by atoms with Gasteiger partial charge >= 0.3 is 0 Å². The van der Waals surface area contributed by atoms with Gasteiger partial charge in [-0.1, -0.05) is 10.3 Å². The molecule has 0 saturated heterocycles. The zero-order valence-electron chi connectivity index (χ0n) is 15.6. The maximum Gasteiger partial charge on any atom is 0.259 e. The van der Waals surface area contributed by atoms with Crippen molar-refractivity contribution < 1.29 is 13.4 Å². The molecular weight excluding hydrogens is 373 g/mol. The van der Waals surface area contributed by atoms with E-state index in [1.54, 1.807) is 12.1 Å². The smallest absolute Gasteiger partial charge is 0.259 e. The minimum Gasteiger partial charge on any atom is -0.335 e. The van der Waals surface area contributed by atoms with Crippen molar-refractivity contribution >= 4 is 11.1 Å². The van der Waals surface area contributed by atoms with Gasteiger partial charge in [0.25, 0.3) is 11.6 Å². The number of fused-ring (bicyclic) bond motifs is 1. The zero-order chi connectivity index (χ0) is 19.6. The molecule has 8 heteroatoms. The first kappa shape index (κ1) is 16.8. The summed E-state index contributed by atoms with van der Waals surface area (Å²) in [5, 5.41) is 9.21. The van der Waals surface area contributed by atoms with Crippen molar-refractivity contribution in [2.75, 3.05) is 0 Å². The Morgan fingerprint density at radius 3 is 2.52 bits per heavy atom. The highest BCUT2D eigenvalue weighted by Gasteiger charge is 2.39. The molecule has 0 radical (unpaired) electrons. The van der Waals surface area contributed by atoms with Gasteiger partial charge in [0.05, 0.1) is 27.9 Å². The number of pyridine rings is 1. The van der Waals surface area contributed by atoms with E-state index in [1.807, 2.05) is 6.07 Å². The van der Waals surface area contributed by atoms with Gasteiger partial charge in [-0.05, 0) is 62.4 Å². The molecule has 2 aliphatic carbocycles. The van der Waals surface area contributed by atoms with E-state index in [2.05, 4.69) is 20.3 Å². The van der Waals surface area contributed by atoms with E-state index in [4.69, 9.17) is 14.8 Å². The lowest BCUT2D eigenvalue weighted by Gasteiger charge is -2.34. The van der Waals surface area contributed by atoms with E-state index in [0.29, 0.717) is 29.0 Å². The number of benzene rings is 1. The van der Waals surface area contributed by atoms with Crippen LogP contribution in [0.25, 0.3) is 33.8 Å². The van der Waals surface area contributed by atoms with Crippen molar-refractivity contribution in [3.05, 3.63) is 47.7 Å². The molecule has 0 aliphatic heterocycles. The van der Waals surface area contributed by atoms with Crippen molar-refractivity contribution in [2.45, 2.75) is 43.6 Å². The SMILES string of the molecule is NC1(c2noc(-c3cc(-c4ccc(F)cc4)nc4onc(C5CC5)c34)n2)CCC1. The Morgan fingerprint density at radius 1 is 1.03 bits per heavy atom. The van der Waals surface area contributed by atoms with Gasteiger partial charge in [0.1, 0.15) is 5.82 Å². The van der Waals surface area contributed by atoms with Crippen LogP contribution in [0.4, 0.5) is 4.39 Å². The molecule has 4 aromatic rings. The van der Waals surface area contributed by atoms with Gasteiger partial charge in [-0.2, -0.15) is 4.98 Å². The van der Waals surface area contributed by atoms with Gasteiger partial charge in [0.2, 0.25) is 0 Å². The van der Waals surface area contributed by atoms with Crippen molar-refractivity contribution in [3.63, 3.8) is 0 Å². The molecule has 0 spiro atoms. The molecular formula is C21H18FN5O2. The Hall–Kier alpha value is -3.13. The third-order valence-corrected chi connectivity index (χ3v) is 5.92. The highest BCUT2D eigenvalue weighted by Crippen LogP contribution is 2.45. The van der Waals surface area contributed by atoms with Crippen LogP contribution in [0.5, 0.6) is 0 Å². The molecule has 0 atom stereocenters. The minimum atomic E-state index is -0.512. The Labute approximate surface area is 165 Å². The fraction of sp³-hybridized carbons (Fsp3) is 0.333. The summed E-state index contributed by atoms with van der Waals surface area (Å²) in [5.74, 6) is 0.957. The van der Waals surface area contributed by atoms with Gasteiger partial charge in [0, 0.05) is 11.5 Å². The monoisotopic (exact) mass is 391 g/mol. The number of hydrogen-bond acceptors (Lipinski definition) is 7. The third kappa shape index (κ3) is 2.66. The van der Waals surface area contributed by atoms with Crippen LogP contribution in [-0.4, -0.2) is 20.3 Å². The molecule has 2 saturated carbocycles. The van der Waals surface area contributed by atoms with Gasteiger partial charge in [0.15, 0.2) is 5.82 Å². The lowest BCUT2D eigenvalue weighted by molar-refractivity contribution is 0.229. The normalized spacial score (nSPS) is 18.1. The van der Waals surface area contributed by atoms with Crippen LogP contribution in [0.3, 0.4) is 0 Å². The number of hydrogen-bond donors (Lipinski definition) is 1. The number of nitrogens with two attached hydrogens (primary N) is 1. The fourth-order valence-corrected chi connectivity index (χ4v) is 3.86. The molecule has 7 nitrogen and oxygen atoms in total. The van der Waals surface area contributed by atoms with E-state index >= 15 is 0 Å². The molecule has 6 rings (SSSR count). The van der Waals surface area contributed by atoms with Crippen LogP contribution in [0, 0.1) is 5.82 Å². The molecule has 2 fully saturated rings. The Balaban J connectivity index is 1.54. The van der Waals surface area contributed by atoms with Gasteiger partial charge < -0.3 is 14.8 Å². The predicted molar refractivity (Wildman–Crippen MR) is 102 cm³/mol.